The number of pyridine rings is 1. The van der Waals surface area contributed by atoms with E-state index in [1.54, 1.807) is 19.1 Å². The molecule has 3 rings (SSSR count). The summed E-state index contributed by atoms with van der Waals surface area (Å²) in [4.78, 5) is 12.4. The molecule has 1 heterocycles. The number of aryl methyl sites for hydroxylation is 1. The van der Waals surface area contributed by atoms with Crippen molar-refractivity contribution in [2.75, 3.05) is 18.1 Å². The van der Waals surface area contributed by atoms with Gasteiger partial charge < -0.3 is 14.0 Å². The number of alkyl halides is 3. The summed E-state index contributed by atoms with van der Waals surface area (Å²) in [5.41, 5.74) is -0.441. The molecule has 0 bridgehead atoms. The fourth-order valence-corrected chi connectivity index (χ4v) is 4.83. The van der Waals surface area contributed by atoms with Crippen LogP contribution in [-0.4, -0.2) is 37.3 Å². The van der Waals surface area contributed by atoms with Crippen molar-refractivity contribution >= 4 is 15.4 Å². The van der Waals surface area contributed by atoms with Crippen LogP contribution in [0.25, 0.3) is 5.57 Å². The Kier molecular flexibility index (Phi) is 7.97. The Hall–Kier alpha value is -3.15. The molecule has 1 aliphatic carbocycles. The molecule has 36 heavy (non-hydrogen) atoms. The highest BCUT2D eigenvalue weighted by atomic mass is 32.2. The molecule has 2 atom stereocenters. The molecule has 1 aromatic carbocycles. The number of hydrogen-bond acceptors (Lipinski definition) is 5. The van der Waals surface area contributed by atoms with E-state index < -0.39 is 51.5 Å². The van der Waals surface area contributed by atoms with E-state index in [1.807, 2.05) is 0 Å². The van der Waals surface area contributed by atoms with Crippen LogP contribution >= 0.6 is 0 Å². The molecular weight excluding hydrogens is 509 g/mol. The lowest BCUT2D eigenvalue weighted by Gasteiger charge is -2.27. The summed E-state index contributed by atoms with van der Waals surface area (Å²) in [6, 6.07) is 3.76. The van der Waals surface area contributed by atoms with Gasteiger partial charge in [0.15, 0.2) is 33.8 Å². The Balaban J connectivity index is 2.10. The number of halogens is 5. The molecule has 0 spiro atoms. The average Bonchev–Trinajstić information content (AvgIpc) is 2.77. The normalized spacial score (nSPS) is 18.4. The summed E-state index contributed by atoms with van der Waals surface area (Å²) in [7, 11) is -2.11. The molecule has 2 aromatic rings. The van der Waals surface area contributed by atoms with Crippen molar-refractivity contribution in [3.05, 3.63) is 75.9 Å². The van der Waals surface area contributed by atoms with E-state index in [0.717, 1.165) is 22.8 Å². The molecule has 196 valence electrons. The van der Waals surface area contributed by atoms with Gasteiger partial charge in [0, 0.05) is 36.2 Å². The smallest absolute Gasteiger partial charge is 0.422 e. The number of aromatic nitrogens is 1. The molecule has 6 nitrogen and oxygen atoms in total. The van der Waals surface area contributed by atoms with Gasteiger partial charge in [0.2, 0.25) is 0 Å². The molecule has 1 aromatic heterocycles. The molecule has 1 aliphatic rings. The lowest BCUT2D eigenvalue weighted by atomic mass is 9.85. The van der Waals surface area contributed by atoms with Crippen LogP contribution in [-0.2, 0) is 16.9 Å². The molecule has 0 N–H and O–H groups in total. The van der Waals surface area contributed by atoms with Crippen LogP contribution < -0.4 is 15.0 Å². The number of sulfone groups is 1. The number of hydrogen-bond donors (Lipinski definition) is 0. The second kappa shape index (κ2) is 10.5. The molecule has 0 aliphatic heterocycles. The second-order valence-electron chi connectivity index (χ2n) is 8.42. The highest BCUT2D eigenvalue weighted by Crippen LogP contribution is 2.37. The Morgan fingerprint density at radius 2 is 1.78 bits per heavy atom. The van der Waals surface area contributed by atoms with Gasteiger partial charge in [-0.05, 0) is 36.1 Å². The first kappa shape index (κ1) is 27.4. The van der Waals surface area contributed by atoms with Gasteiger partial charge in [-0.2, -0.15) is 13.2 Å². The van der Waals surface area contributed by atoms with Crippen LogP contribution in [0.2, 0.25) is 0 Å². The summed E-state index contributed by atoms with van der Waals surface area (Å²) >= 11 is 0. The van der Waals surface area contributed by atoms with Gasteiger partial charge >= 0.3 is 6.18 Å². The summed E-state index contributed by atoms with van der Waals surface area (Å²) in [5, 5.41) is 0. The van der Waals surface area contributed by atoms with E-state index in [1.165, 1.54) is 20.2 Å². The number of benzene rings is 1. The third kappa shape index (κ3) is 6.74. The van der Waals surface area contributed by atoms with Crippen LogP contribution in [0.4, 0.5) is 22.0 Å². The molecule has 0 saturated heterocycles. The Morgan fingerprint density at radius 3 is 2.39 bits per heavy atom. The van der Waals surface area contributed by atoms with E-state index in [-0.39, 0.29) is 40.1 Å². The third-order valence-corrected chi connectivity index (χ3v) is 7.36. The largest absolute Gasteiger partial charge is 0.478 e. The fourth-order valence-electron chi connectivity index (χ4n) is 3.61. The lowest BCUT2D eigenvalue weighted by molar-refractivity contribution is -0.153. The maximum atomic E-state index is 14.3. The predicted molar refractivity (Wildman–Crippen MR) is 123 cm³/mol. The summed E-state index contributed by atoms with van der Waals surface area (Å²) in [5.74, 6) is -3.91. The average molecular weight is 534 g/mol. The highest BCUT2D eigenvalue weighted by molar-refractivity contribution is 7.91. The van der Waals surface area contributed by atoms with Gasteiger partial charge in [-0.1, -0.05) is 19.9 Å². The van der Waals surface area contributed by atoms with Gasteiger partial charge in [-0.15, -0.1) is 0 Å². The first-order valence-corrected chi connectivity index (χ1v) is 12.7. The molecule has 0 saturated carbocycles. The molecule has 0 amide bonds. The van der Waals surface area contributed by atoms with Crippen molar-refractivity contribution in [1.29, 1.82) is 0 Å². The standard InChI is InChI=1S/C24H24F5NO5S/c1-4-36(32,33)12-16-8-18(15-9-22(23(31)30(3)11-15)34-13-24(27,28)29)21(7-14(16)2)35-20-6-5-17(25)10-19(20)26/h5-11,14,16H,4,12-13H2,1-3H3. The van der Waals surface area contributed by atoms with Crippen LogP contribution in [0.1, 0.15) is 19.4 Å². The van der Waals surface area contributed by atoms with Crippen LogP contribution in [0.15, 0.2) is 53.2 Å². The van der Waals surface area contributed by atoms with Gasteiger partial charge in [0.25, 0.3) is 5.56 Å². The van der Waals surface area contributed by atoms with Crippen molar-refractivity contribution in [3.8, 4) is 11.5 Å². The number of ether oxygens (including phenoxy) is 2. The van der Waals surface area contributed by atoms with Gasteiger partial charge in [0.05, 0.1) is 5.75 Å². The van der Waals surface area contributed by atoms with E-state index >= 15 is 0 Å². The van der Waals surface area contributed by atoms with Crippen molar-refractivity contribution in [3.63, 3.8) is 0 Å². The number of allylic oxidation sites excluding steroid dienone is 3. The zero-order valence-corrected chi connectivity index (χ0v) is 20.4. The lowest BCUT2D eigenvalue weighted by Crippen LogP contribution is -2.26. The molecule has 0 fully saturated rings. The maximum absolute atomic E-state index is 14.3. The zero-order chi connectivity index (χ0) is 26.8. The Morgan fingerprint density at radius 1 is 1.08 bits per heavy atom. The van der Waals surface area contributed by atoms with Gasteiger partial charge in [-0.3, -0.25) is 4.79 Å². The minimum Gasteiger partial charge on any atom is -0.478 e. The molecule has 2 unspecified atom stereocenters. The number of rotatable bonds is 8. The van der Waals surface area contributed by atoms with E-state index in [2.05, 4.69) is 0 Å². The highest BCUT2D eigenvalue weighted by Gasteiger charge is 2.31. The van der Waals surface area contributed by atoms with Crippen LogP contribution in [0, 0.1) is 23.5 Å². The molecule has 0 radical (unpaired) electrons. The topological polar surface area (TPSA) is 74.6 Å². The molecule has 12 heteroatoms. The van der Waals surface area contributed by atoms with E-state index in [9.17, 15) is 35.2 Å². The van der Waals surface area contributed by atoms with Crippen LogP contribution in [0.5, 0.6) is 11.5 Å². The van der Waals surface area contributed by atoms with E-state index in [0.29, 0.717) is 6.07 Å². The van der Waals surface area contributed by atoms with Crippen molar-refractivity contribution < 1.29 is 39.8 Å². The van der Waals surface area contributed by atoms with E-state index in [4.69, 9.17) is 9.47 Å². The summed E-state index contributed by atoms with van der Waals surface area (Å²) in [6.45, 7) is 1.54. The van der Waals surface area contributed by atoms with Crippen LogP contribution in [0.3, 0.4) is 0 Å². The van der Waals surface area contributed by atoms with Crippen molar-refractivity contribution in [2.45, 2.75) is 20.0 Å². The monoisotopic (exact) mass is 533 g/mol. The SMILES string of the molecule is CCS(=O)(=O)CC1C=C(c2cc(OCC(F)(F)F)c(=O)n(C)c2)C(Oc2ccc(F)cc2F)=CC1C. The Bertz CT molecular complexity index is 1360. The maximum Gasteiger partial charge on any atom is 0.422 e. The molecular formula is C24H24F5NO5S. The summed E-state index contributed by atoms with van der Waals surface area (Å²) < 4.78 is 102. The quantitative estimate of drug-likeness (QED) is 0.462. The van der Waals surface area contributed by atoms with Gasteiger partial charge in [0.1, 0.15) is 11.6 Å². The minimum atomic E-state index is -4.69. The Labute approximate surface area is 204 Å². The second-order valence-corrected chi connectivity index (χ2v) is 10.8. The van der Waals surface area contributed by atoms with Crippen molar-refractivity contribution in [1.82, 2.24) is 4.57 Å². The first-order chi connectivity index (χ1) is 16.7. The predicted octanol–water partition coefficient (Wildman–Crippen LogP) is 4.65. The zero-order valence-electron chi connectivity index (χ0n) is 19.6. The van der Waals surface area contributed by atoms with Crippen molar-refractivity contribution in [2.24, 2.45) is 18.9 Å². The third-order valence-electron chi connectivity index (χ3n) is 5.59. The minimum absolute atomic E-state index is 0.0542. The van der Waals surface area contributed by atoms with Gasteiger partial charge in [-0.25, -0.2) is 17.2 Å². The fraction of sp³-hybridized carbons (Fsp3) is 0.375. The number of nitrogens with zero attached hydrogens (tertiary/aromatic N) is 1. The first-order valence-electron chi connectivity index (χ1n) is 10.9. The summed E-state index contributed by atoms with van der Waals surface area (Å²) in [6.07, 6.45) is -0.264.